The van der Waals surface area contributed by atoms with Gasteiger partial charge in [-0.3, -0.25) is 4.79 Å². The summed E-state index contributed by atoms with van der Waals surface area (Å²) in [5, 5.41) is 0. The standard InChI is InChI=1S/C25H26O3/c1-2-17-28-23-15-13-22(14-16-23)25(26)19-27-18-24(20-9-5-3-6-10-20)21-11-7-4-8-12-21/h3-16,24H,2,17-19H2,1H3. The van der Waals surface area contributed by atoms with Crippen molar-refractivity contribution in [1.82, 2.24) is 0 Å². The van der Waals surface area contributed by atoms with Gasteiger partial charge in [0.1, 0.15) is 12.4 Å². The third kappa shape index (κ3) is 5.54. The zero-order valence-electron chi connectivity index (χ0n) is 16.2. The van der Waals surface area contributed by atoms with Crippen molar-refractivity contribution in [3.63, 3.8) is 0 Å². The number of rotatable bonds is 10. The van der Waals surface area contributed by atoms with E-state index in [9.17, 15) is 4.79 Å². The molecule has 0 saturated carbocycles. The van der Waals surface area contributed by atoms with Crippen LogP contribution in [0.4, 0.5) is 0 Å². The van der Waals surface area contributed by atoms with Crippen LogP contribution >= 0.6 is 0 Å². The zero-order valence-corrected chi connectivity index (χ0v) is 16.2. The number of hydrogen-bond donors (Lipinski definition) is 0. The van der Waals surface area contributed by atoms with Crippen LogP contribution in [-0.4, -0.2) is 25.6 Å². The highest BCUT2D eigenvalue weighted by Crippen LogP contribution is 2.25. The van der Waals surface area contributed by atoms with Gasteiger partial charge in [-0.05, 0) is 41.8 Å². The Bertz CT molecular complexity index is 802. The van der Waals surface area contributed by atoms with Crippen LogP contribution in [0.2, 0.25) is 0 Å². The summed E-state index contributed by atoms with van der Waals surface area (Å²) in [6.45, 7) is 3.26. The zero-order chi connectivity index (χ0) is 19.6. The number of carbonyl (C=O) groups is 1. The first-order valence-electron chi connectivity index (χ1n) is 9.71. The average Bonchev–Trinajstić information content (AvgIpc) is 2.76. The first kappa shape index (κ1) is 19.8. The van der Waals surface area contributed by atoms with E-state index < -0.39 is 0 Å². The molecule has 3 heteroatoms. The third-order valence-corrected chi connectivity index (χ3v) is 4.57. The number of ether oxygens (including phenoxy) is 2. The fourth-order valence-electron chi connectivity index (χ4n) is 3.07. The molecule has 144 valence electrons. The van der Waals surface area contributed by atoms with E-state index in [1.807, 2.05) is 48.5 Å². The van der Waals surface area contributed by atoms with Crippen LogP contribution in [0, 0.1) is 0 Å². The van der Waals surface area contributed by atoms with Crippen LogP contribution in [0.1, 0.15) is 40.7 Å². The molecule has 0 bridgehead atoms. The normalized spacial score (nSPS) is 10.8. The van der Waals surface area contributed by atoms with Gasteiger partial charge in [0.25, 0.3) is 0 Å². The lowest BCUT2D eigenvalue weighted by atomic mass is 9.92. The molecule has 0 spiro atoms. The van der Waals surface area contributed by atoms with Crippen LogP contribution in [0.5, 0.6) is 5.75 Å². The fraction of sp³-hybridized carbons (Fsp3) is 0.240. The van der Waals surface area contributed by atoms with Crippen LogP contribution < -0.4 is 4.74 Å². The van der Waals surface area contributed by atoms with Crippen molar-refractivity contribution in [3.05, 3.63) is 102 Å². The number of carbonyl (C=O) groups excluding carboxylic acids is 1. The van der Waals surface area contributed by atoms with E-state index >= 15 is 0 Å². The molecule has 0 aromatic heterocycles. The predicted molar refractivity (Wildman–Crippen MR) is 112 cm³/mol. The summed E-state index contributed by atoms with van der Waals surface area (Å²) in [7, 11) is 0. The quantitative estimate of drug-likeness (QED) is 0.439. The van der Waals surface area contributed by atoms with E-state index in [0.29, 0.717) is 18.8 Å². The van der Waals surface area contributed by atoms with Crippen molar-refractivity contribution < 1.29 is 14.3 Å². The van der Waals surface area contributed by atoms with Gasteiger partial charge in [0.15, 0.2) is 5.78 Å². The van der Waals surface area contributed by atoms with Gasteiger partial charge in [0, 0.05) is 11.5 Å². The van der Waals surface area contributed by atoms with Gasteiger partial charge >= 0.3 is 0 Å². The predicted octanol–water partition coefficient (Wildman–Crippen LogP) is 5.51. The van der Waals surface area contributed by atoms with Crippen molar-refractivity contribution in [2.75, 3.05) is 19.8 Å². The summed E-state index contributed by atoms with van der Waals surface area (Å²) in [6, 6.07) is 27.7. The molecule has 0 heterocycles. The van der Waals surface area contributed by atoms with Crippen LogP contribution in [0.25, 0.3) is 0 Å². The molecule has 0 atom stereocenters. The Morgan fingerprint density at radius 3 is 1.93 bits per heavy atom. The Balaban J connectivity index is 1.60. The molecule has 3 aromatic carbocycles. The van der Waals surface area contributed by atoms with Crippen LogP contribution in [-0.2, 0) is 4.74 Å². The van der Waals surface area contributed by atoms with Gasteiger partial charge in [-0.15, -0.1) is 0 Å². The molecule has 0 aliphatic rings. The van der Waals surface area contributed by atoms with E-state index in [1.54, 1.807) is 12.1 Å². The summed E-state index contributed by atoms with van der Waals surface area (Å²) < 4.78 is 11.4. The average molecular weight is 374 g/mol. The summed E-state index contributed by atoms with van der Waals surface area (Å²) in [4.78, 5) is 12.5. The second-order valence-corrected chi connectivity index (χ2v) is 6.69. The van der Waals surface area contributed by atoms with Crippen molar-refractivity contribution in [3.8, 4) is 5.75 Å². The first-order chi connectivity index (χ1) is 13.8. The maximum absolute atomic E-state index is 12.5. The monoisotopic (exact) mass is 374 g/mol. The molecule has 3 aromatic rings. The van der Waals surface area contributed by atoms with Gasteiger partial charge in [-0.2, -0.15) is 0 Å². The van der Waals surface area contributed by atoms with E-state index in [-0.39, 0.29) is 18.3 Å². The maximum atomic E-state index is 12.5. The molecule has 0 radical (unpaired) electrons. The van der Waals surface area contributed by atoms with Gasteiger partial charge in [0.2, 0.25) is 0 Å². The minimum Gasteiger partial charge on any atom is -0.494 e. The number of benzene rings is 3. The molecule has 0 amide bonds. The number of hydrogen-bond acceptors (Lipinski definition) is 3. The molecular formula is C25H26O3. The summed E-state index contributed by atoms with van der Waals surface area (Å²) in [5.74, 6) is 0.856. The highest BCUT2D eigenvalue weighted by atomic mass is 16.5. The van der Waals surface area contributed by atoms with E-state index in [0.717, 1.165) is 12.2 Å². The number of ketones is 1. The summed E-state index contributed by atoms with van der Waals surface area (Å²) >= 11 is 0. The van der Waals surface area contributed by atoms with Gasteiger partial charge in [0.05, 0.1) is 13.2 Å². The Morgan fingerprint density at radius 1 is 0.821 bits per heavy atom. The topological polar surface area (TPSA) is 35.5 Å². The largest absolute Gasteiger partial charge is 0.494 e. The minimum atomic E-state index is -0.0260. The Labute approximate surface area is 166 Å². The molecule has 3 rings (SSSR count). The molecular weight excluding hydrogens is 348 g/mol. The molecule has 0 fully saturated rings. The van der Waals surface area contributed by atoms with Gasteiger partial charge in [-0.1, -0.05) is 67.6 Å². The van der Waals surface area contributed by atoms with Crippen molar-refractivity contribution >= 4 is 5.78 Å². The van der Waals surface area contributed by atoms with E-state index in [4.69, 9.17) is 9.47 Å². The summed E-state index contributed by atoms with van der Waals surface area (Å²) in [6.07, 6.45) is 0.957. The van der Waals surface area contributed by atoms with E-state index in [1.165, 1.54) is 11.1 Å². The Morgan fingerprint density at radius 2 is 1.39 bits per heavy atom. The third-order valence-electron chi connectivity index (χ3n) is 4.57. The minimum absolute atomic E-state index is 0.0260. The highest BCUT2D eigenvalue weighted by Gasteiger charge is 2.15. The molecule has 0 N–H and O–H groups in total. The van der Waals surface area contributed by atoms with Crippen molar-refractivity contribution in [2.24, 2.45) is 0 Å². The van der Waals surface area contributed by atoms with Gasteiger partial charge in [-0.25, -0.2) is 0 Å². The molecule has 28 heavy (non-hydrogen) atoms. The SMILES string of the molecule is CCCOc1ccc(C(=O)COCC(c2ccccc2)c2ccccc2)cc1. The highest BCUT2D eigenvalue weighted by molar-refractivity contribution is 5.97. The maximum Gasteiger partial charge on any atom is 0.188 e. The molecule has 0 aliphatic carbocycles. The molecule has 0 saturated heterocycles. The van der Waals surface area contributed by atoms with Gasteiger partial charge < -0.3 is 9.47 Å². The molecule has 3 nitrogen and oxygen atoms in total. The lowest BCUT2D eigenvalue weighted by Crippen LogP contribution is -2.15. The molecule has 0 aliphatic heterocycles. The summed E-state index contributed by atoms with van der Waals surface area (Å²) in [5.41, 5.74) is 3.00. The lowest BCUT2D eigenvalue weighted by Gasteiger charge is -2.18. The lowest BCUT2D eigenvalue weighted by molar-refractivity contribution is 0.0746. The first-order valence-corrected chi connectivity index (χ1v) is 9.71. The second kappa shape index (κ2) is 10.4. The van der Waals surface area contributed by atoms with Crippen LogP contribution in [0.3, 0.4) is 0 Å². The Hall–Kier alpha value is -2.91. The smallest absolute Gasteiger partial charge is 0.188 e. The van der Waals surface area contributed by atoms with Crippen LogP contribution in [0.15, 0.2) is 84.9 Å². The fourth-order valence-corrected chi connectivity index (χ4v) is 3.07. The van der Waals surface area contributed by atoms with E-state index in [2.05, 4.69) is 31.2 Å². The van der Waals surface area contributed by atoms with Crippen molar-refractivity contribution in [2.45, 2.75) is 19.3 Å². The van der Waals surface area contributed by atoms with Crippen molar-refractivity contribution in [1.29, 1.82) is 0 Å². The second-order valence-electron chi connectivity index (χ2n) is 6.69. The number of Topliss-reactive ketones (excluding diaryl/α,β-unsaturated/α-hetero) is 1. The molecule has 0 unspecified atom stereocenters. The Kier molecular flexibility index (Phi) is 7.39.